The molecule has 0 aliphatic rings. The van der Waals surface area contributed by atoms with Crippen molar-refractivity contribution in [3.8, 4) is 0 Å². The van der Waals surface area contributed by atoms with Gasteiger partial charge in [0.05, 0.1) is 6.61 Å². The minimum absolute atomic E-state index is 0.0374. The summed E-state index contributed by atoms with van der Waals surface area (Å²) in [6.45, 7) is 1.88. The average molecular weight is 417 g/mol. The minimum Gasteiger partial charge on any atom is -0.462 e. The van der Waals surface area contributed by atoms with E-state index >= 15 is 0 Å². The lowest BCUT2D eigenvalue weighted by Crippen LogP contribution is -2.39. The van der Waals surface area contributed by atoms with Crippen molar-refractivity contribution in [2.75, 3.05) is 6.61 Å². The first-order valence-corrected chi connectivity index (χ1v) is 8.70. The van der Waals surface area contributed by atoms with E-state index < -0.39 is 17.4 Å². The summed E-state index contributed by atoms with van der Waals surface area (Å²) >= 11 is 3.35. The van der Waals surface area contributed by atoms with Crippen LogP contribution in [-0.2, 0) is 11.3 Å². The van der Waals surface area contributed by atoms with E-state index in [0.29, 0.717) is 16.5 Å². The number of carbonyl (C=O) groups excluding carboxylic acids is 2. The number of hydrogen-bond donors (Lipinski definition) is 0. The van der Waals surface area contributed by atoms with Crippen LogP contribution in [0.15, 0.2) is 62.5 Å². The molecule has 2 aromatic heterocycles. The molecule has 0 saturated heterocycles. The molecule has 0 fully saturated rings. The lowest BCUT2D eigenvalue weighted by molar-refractivity contribution is -0.683. The number of halogens is 1. The molecule has 7 heteroatoms. The third kappa shape index (κ3) is 3.88. The molecule has 0 aliphatic heterocycles. The van der Waals surface area contributed by atoms with E-state index in [0.717, 1.165) is 4.47 Å². The summed E-state index contributed by atoms with van der Waals surface area (Å²) in [4.78, 5) is 36.5. The van der Waals surface area contributed by atoms with Gasteiger partial charge in [-0.2, -0.15) is 4.57 Å². The van der Waals surface area contributed by atoms with Crippen LogP contribution in [0.1, 0.15) is 27.6 Å². The second-order valence-corrected chi connectivity index (χ2v) is 6.45. The van der Waals surface area contributed by atoms with Crippen LogP contribution in [0, 0.1) is 0 Å². The number of benzene rings is 1. The highest BCUT2D eigenvalue weighted by molar-refractivity contribution is 9.10. The lowest BCUT2D eigenvalue weighted by Gasteiger charge is -2.02. The fourth-order valence-electron chi connectivity index (χ4n) is 2.50. The molecule has 26 heavy (non-hydrogen) atoms. The summed E-state index contributed by atoms with van der Waals surface area (Å²) in [7, 11) is 0. The molecule has 0 atom stereocenters. The van der Waals surface area contributed by atoms with Gasteiger partial charge in [-0.1, -0.05) is 15.9 Å². The average Bonchev–Trinajstić information content (AvgIpc) is 2.62. The van der Waals surface area contributed by atoms with E-state index in [9.17, 15) is 14.4 Å². The van der Waals surface area contributed by atoms with E-state index in [4.69, 9.17) is 9.15 Å². The maximum absolute atomic E-state index is 12.6. The van der Waals surface area contributed by atoms with Crippen LogP contribution in [0.2, 0.25) is 0 Å². The zero-order valence-electron chi connectivity index (χ0n) is 13.9. The summed E-state index contributed by atoms with van der Waals surface area (Å²) < 4.78 is 12.5. The van der Waals surface area contributed by atoms with Crippen molar-refractivity contribution < 1.29 is 23.3 Å². The van der Waals surface area contributed by atoms with E-state index in [1.54, 1.807) is 43.5 Å². The van der Waals surface area contributed by atoms with E-state index in [1.807, 2.05) is 0 Å². The van der Waals surface area contributed by atoms with Gasteiger partial charge in [0.1, 0.15) is 16.7 Å². The summed E-state index contributed by atoms with van der Waals surface area (Å²) in [5.74, 6) is -0.879. The maximum Gasteiger partial charge on any atom is 0.347 e. The number of ether oxygens (including phenoxy) is 1. The van der Waals surface area contributed by atoms with Gasteiger partial charge in [0.2, 0.25) is 12.3 Å². The molecule has 0 radical (unpaired) electrons. The van der Waals surface area contributed by atoms with Crippen molar-refractivity contribution in [2.45, 2.75) is 13.5 Å². The van der Waals surface area contributed by atoms with E-state index in [2.05, 4.69) is 15.9 Å². The van der Waals surface area contributed by atoms with Gasteiger partial charge in [-0.05, 0) is 37.3 Å². The standard InChI is InChI=1S/C19H15BrNO5/c1-2-25-18(23)12-4-3-7-21(10-12)11-16(22)15-9-13-8-14(20)5-6-17(13)26-19(15)24/h3-10H,2,11H2,1H3/q+1. The van der Waals surface area contributed by atoms with Gasteiger partial charge in [-0.25, -0.2) is 9.59 Å². The fraction of sp³-hybridized carbons (Fsp3) is 0.158. The molecule has 2 heterocycles. The van der Waals surface area contributed by atoms with Crippen LogP contribution in [0.4, 0.5) is 0 Å². The highest BCUT2D eigenvalue weighted by Crippen LogP contribution is 2.19. The third-order valence-corrected chi connectivity index (χ3v) is 4.18. The van der Waals surface area contributed by atoms with Crippen molar-refractivity contribution in [1.29, 1.82) is 0 Å². The van der Waals surface area contributed by atoms with E-state index in [-0.39, 0.29) is 18.7 Å². The summed E-state index contributed by atoms with van der Waals surface area (Å²) in [5.41, 5.74) is 0.0138. The first-order chi connectivity index (χ1) is 12.5. The SMILES string of the molecule is CCOC(=O)c1ccc[n+](CC(=O)c2cc3cc(Br)ccc3oc2=O)c1. The Labute approximate surface area is 157 Å². The molecule has 132 valence electrons. The Bertz CT molecular complexity index is 1060. The van der Waals surface area contributed by atoms with Gasteiger partial charge in [-0.15, -0.1) is 0 Å². The highest BCUT2D eigenvalue weighted by atomic mass is 79.9. The number of esters is 1. The van der Waals surface area contributed by atoms with Crippen molar-refractivity contribution in [2.24, 2.45) is 0 Å². The van der Waals surface area contributed by atoms with Crippen molar-refractivity contribution >= 4 is 38.7 Å². The molecular formula is C19H15BrNO5+. The summed E-state index contributed by atoms with van der Waals surface area (Å²) in [6, 6.07) is 9.93. The molecule has 0 amide bonds. The monoisotopic (exact) mass is 416 g/mol. The molecule has 0 bridgehead atoms. The Morgan fingerprint density at radius 2 is 2.04 bits per heavy atom. The first kappa shape index (κ1) is 18.0. The van der Waals surface area contributed by atoms with Crippen molar-refractivity contribution in [1.82, 2.24) is 0 Å². The zero-order chi connectivity index (χ0) is 18.7. The highest BCUT2D eigenvalue weighted by Gasteiger charge is 2.19. The molecule has 0 saturated carbocycles. The molecular weight excluding hydrogens is 402 g/mol. The number of fused-ring (bicyclic) bond motifs is 1. The Morgan fingerprint density at radius 3 is 2.81 bits per heavy atom. The number of carbonyl (C=O) groups is 2. The molecule has 0 N–H and O–H groups in total. The van der Waals surface area contributed by atoms with Crippen LogP contribution >= 0.6 is 15.9 Å². The molecule has 0 spiro atoms. The maximum atomic E-state index is 12.6. The van der Waals surface area contributed by atoms with Crippen LogP contribution in [-0.4, -0.2) is 18.4 Å². The van der Waals surface area contributed by atoms with Crippen LogP contribution in [0.25, 0.3) is 11.0 Å². The second-order valence-electron chi connectivity index (χ2n) is 5.54. The summed E-state index contributed by atoms with van der Waals surface area (Å²) in [6.07, 6.45) is 3.15. The predicted molar refractivity (Wildman–Crippen MR) is 97.1 cm³/mol. The molecule has 3 aromatic rings. The normalized spacial score (nSPS) is 10.7. The molecule has 0 unspecified atom stereocenters. The number of aromatic nitrogens is 1. The number of ketones is 1. The Balaban J connectivity index is 1.90. The number of nitrogens with zero attached hydrogens (tertiary/aromatic N) is 1. The number of pyridine rings is 1. The fourth-order valence-corrected chi connectivity index (χ4v) is 2.87. The van der Waals surface area contributed by atoms with Gasteiger partial charge >= 0.3 is 11.6 Å². The number of rotatable bonds is 5. The Hall–Kier alpha value is -2.80. The number of Topliss-reactive ketones (excluding diaryl/α,β-unsaturated/α-hetero) is 1. The van der Waals surface area contributed by atoms with Crippen LogP contribution in [0.3, 0.4) is 0 Å². The zero-order valence-corrected chi connectivity index (χ0v) is 15.5. The quantitative estimate of drug-likeness (QED) is 0.276. The minimum atomic E-state index is -0.688. The topological polar surface area (TPSA) is 77.5 Å². The van der Waals surface area contributed by atoms with Crippen molar-refractivity contribution in [3.63, 3.8) is 0 Å². The Kier molecular flexibility index (Phi) is 5.27. The smallest absolute Gasteiger partial charge is 0.347 e. The molecule has 6 nitrogen and oxygen atoms in total. The predicted octanol–water partition coefficient (Wildman–Crippen LogP) is 2.90. The molecule has 0 aliphatic carbocycles. The van der Waals surface area contributed by atoms with Crippen LogP contribution in [0.5, 0.6) is 0 Å². The van der Waals surface area contributed by atoms with E-state index in [1.165, 1.54) is 16.8 Å². The van der Waals surface area contributed by atoms with Gasteiger partial charge in [-0.3, -0.25) is 4.79 Å². The largest absolute Gasteiger partial charge is 0.462 e. The first-order valence-electron chi connectivity index (χ1n) is 7.91. The summed E-state index contributed by atoms with van der Waals surface area (Å²) in [5, 5.41) is 0.646. The van der Waals surface area contributed by atoms with Crippen molar-refractivity contribution in [3.05, 3.63) is 74.8 Å². The lowest BCUT2D eigenvalue weighted by atomic mass is 10.1. The van der Waals surface area contributed by atoms with Gasteiger partial charge in [0.25, 0.3) is 0 Å². The second kappa shape index (κ2) is 7.61. The van der Waals surface area contributed by atoms with Gasteiger partial charge in [0.15, 0.2) is 12.4 Å². The van der Waals surface area contributed by atoms with Crippen LogP contribution < -0.4 is 10.2 Å². The molecule has 3 rings (SSSR count). The number of hydrogen-bond acceptors (Lipinski definition) is 5. The van der Waals surface area contributed by atoms with Gasteiger partial charge < -0.3 is 9.15 Å². The third-order valence-electron chi connectivity index (χ3n) is 3.69. The van der Waals surface area contributed by atoms with Gasteiger partial charge in [0, 0.05) is 15.9 Å². The Morgan fingerprint density at radius 1 is 1.23 bits per heavy atom. The molecule has 1 aromatic carbocycles.